The SMILES string of the molecule is Cl.Cl.[2H]C([2H])([2H])OC([2H])([2H])C([2H])([2H])Oc1ccc(N2C([2H])([2H])C([2H])([2H])N(C([2H])([2H])C([2H])([2H])N(c3cc4nc(-c5ncco5)nn4c(N)n3)C([2H])([2H])[2H])C([2H])([2H])C2([2H])[2H])cc1. The number of halogens is 2. The second-order valence-corrected chi connectivity index (χ2v) is 6.59. The summed E-state index contributed by atoms with van der Waals surface area (Å²) in [4.78, 5) is 10.7. The van der Waals surface area contributed by atoms with Gasteiger partial charge >= 0.3 is 0 Å². The van der Waals surface area contributed by atoms with Crippen molar-refractivity contribution in [1.82, 2.24) is 29.5 Å². The van der Waals surface area contributed by atoms with Crippen molar-refractivity contribution in [2.24, 2.45) is 0 Å². The Morgan fingerprint density at radius 3 is 2.68 bits per heavy atom. The number of fused-ring (bicyclic) bond motifs is 1. The summed E-state index contributed by atoms with van der Waals surface area (Å²) >= 11 is 0. The van der Waals surface area contributed by atoms with E-state index in [-0.39, 0.29) is 52.0 Å². The lowest BCUT2D eigenvalue weighted by atomic mass is 10.2. The number of aromatic nitrogens is 5. The summed E-state index contributed by atoms with van der Waals surface area (Å²) in [6.45, 7) is -35.4. The van der Waals surface area contributed by atoms with E-state index in [1.165, 1.54) is 12.5 Å². The topological polar surface area (TPSA) is 123 Å². The molecule has 0 amide bonds. The van der Waals surface area contributed by atoms with Crippen molar-refractivity contribution in [2.75, 3.05) is 81.6 Å². The standard InChI is InChI=1S/C24H31N9O3.2ClH/c1-30(20-17-21-27-22(23-26-7-14-36-23)29-33(21)24(25)28-20)8-9-31-10-12-32(13-11-31)18-3-5-19(6-4-18)35-16-15-34-2;;/h3-7,14,17H,8-13,15-16H2,1-2H3,(H2,25,28);2*1H/i1D3,2D3,8D2,9D2,10D2,11D2,12D2,13D2,15D2,16D2;;. The summed E-state index contributed by atoms with van der Waals surface area (Å²) in [5.41, 5.74) is 4.97. The minimum atomic E-state index is -4.35. The molecule has 206 valence electrons. The van der Waals surface area contributed by atoms with Gasteiger partial charge in [-0.2, -0.15) is 9.50 Å². The third kappa shape index (κ3) is 6.76. The Hall–Kier alpha value is -3.32. The van der Waals surface area contributed by atoms with E-state index in [0.717, 1.165) is 34.8 Å². The number of hydrogen-bond acceptors (Lipinski definition) is 11. The first-order valence-corrected chi connectivity index (χ1v) is 9.79. The van der Waals surface area contributed by atoms with E-state index in [0.29, 0.717) is 0 Å². The molecule has 0 bridgehead atoms. The lowest BCUT2D eigenvalue weighted by Gasteiger charge is -2.36. The Morgan fingerprint density at radius 2 is 1.97 bits per heavy atom. The number of ether oxygens (including phenoxy) is 2. The molecular formula is C24H33Cl2N9O3. The Bertz CT molecular complexity index is 2120. The summed E-state index contributed by atoms with van der Waals surface area (Å²) in [5, 5.41) is 4.02. The van der Waals surface area contributed by atoms with Crippen LogP contribution < -0.4 is 20.3 Å². The van der Waals surface area contributed by atoms with E-state index in [1.54, 1.807) is 0 Å². The Labute approximate surface area is 264 Å². The summed E-state index contributed by atoms with van der Waals surface area (Å²) in [6.07, 6.45) is 2.44. The minimum absolute atomic E-state index is 0. The van der Waals surface area contributed by atoms with E-state index in [1.807, 2.05) is 0 Å². The van der Waals surface area contributed by atoms with Crippen molar-refractivity contribution in [3.8, 4) is 17.5 Å². The maximum Gasteiger partial charge on any atom is 0.266 e. The van der Waals surface area contributed by atoms with Gasteiger partial charge in [-0.15, -0.1) is 29.9 Å². The van der Waals surface area contributed by atoms with Crippen LogP contribution in [0.3, 0.4) is 0 Å². The molecular weight excluding hydrogens is 533 g/mol. The molecule has 2 N–H and O–H groups in total. The number of piperazine rings is 1. The molecule has 38 heavy (non-hydrogen) atoms. The van der Waals surface area contributed by atoms with Crippen LogP contribution in [0.2, 0.25) is 0 Å². The van der Waals surface area contributed by atoms with Crippen LogP contribution in [-0.2, 0) is 4.74 Å². The van der Waals surface area contributed by atoms with Crippen LogP contribution in [0, 0.1) is 0 Å². The molecule has 1 fully saturated rings. The van der Waals surface area contributed by atoms with Crippen molar-refractivity contribution < 1.29 is 44.0 Å². The number of benzene rings is 1. The van der Waals surface area contributed by atoms with Gasteiger partial charge in [0.2, 0.25) is 11.8 Å². The highest BCUT2D eigenvalue weighted by Crippen LogP contribution is 2.22. The normalized spacial score (nSPS) is 29.7. The van der Waals surface area contributed by atoms with Crippen LogP contribution in [-0.4, -0.2) is 95.6 Å². The largest absolute Gasteiger partial charge is 0.491 e. The van der Waals surface area contributed by atoms with Crippen LogP contribution in [0.5, 0.6) is 5.75 Å². The second kappa shape index (κ2) is 13.5. The van der Waals surface area contributed by atoms with Crippen molar-refractivity contribution in [3.05, 3.63) is 42.8 Å². The smallest absolute Gasteiger partial charge is 0.266 e. The molecule has 4 aromatic rings. The first-order chi connectivity index (χ1) is 25.9. The first-order valence-electron chi connectivity index (χ1n) is 20.8. The highest BCUT2D eigenvalue weighted by molar-refractivity contribution is 5.85. The number of rotatable bonds is 10. The fourth-order valence-corrected chi connectivity index (χ4v) is 2.80. The number of nitrogen functional groups attached to an aromatic ring is 1. The maximum atomic E-state index is 8.90. The van der Waals surface area contributed by atoms with Gasteiger partial charge in [-0.1, -0.05) is 0 Å². The molecule has 4 heterocycles. The lowest BCUT2D eigenvalue weighted by molar-refractivity contribution is 0.146. The molecule has 12 nitrogen and oxygen atoms in total. The van der Waals surface area contributed by atoms with Gasteiger partial charge < -0.3 is 29.4 Å². The van der Waals surface area contributed by atoms with E-state index < -0.39 is 94.2 Å². The highest BCUT2D eigenvalue weighted by atomic mass is 35.5. The molecule has 1 aliphatic rings. The number of methoxy groups -OCH3 is 1. The van der Waals surface area contributed by atoms with Crippen LogP contribution in [0.15, 0.2) is 47.2 Å². The molecule has 5 rings (SSSR count). The van der Waals surface area contributed by atoms with Crippen LogP contribution in [0.4, 0.5) is 17.5 Å². The van der Waals surface area contributed by atoms with Gasteiger partial charge in [-0.05, 0) is 24.3 Å². The van der Waals surface area contributed by atoms with Gasteiger partial charge in [0.1, 0.15) is 24.4 Å². The van der Waals surface area contributed by atoms with Gasteiger partial charge in [-0.3, -0.25) is 4.90 Å². The molecule has 1 saturated heterocycles. The van der Waals surface area contributed by atoms with Crippen LogP contribution >= 0.6 is 24.8 Å². The van der Waals surface area contributed by atoms with E-state index in [4.69, 9.17) is 45.0 Å². The molecule has 0 atom stereocenters. The monoisotopic (exact) mass is 587 g/mol. The zero-order chi connectivity index (χ0) is 44.3. The summed E-state index contributed by atoms with van der Waals surface area (Å²) < 4.78 is 198. The van der Waals surface area contributed by atoms with E-state index in [9.17, 15) is 0 Å². The fourth-order valence-electron chi connectivity index (χ4n) is 2.80. The first kappa shape index (κ1) is 11.4. The molecule has 1 aromatic carbocycles. The van der Waals surface area contributed by atoms with Gasteiger partial charge in [0.05, 0.1) is 30.6 Å². The molecule has 1 aliphatic heterocycles. The van der Waals surface area contributed by atoms with Gasteiger partial charge in [0, 0.05) is 77.1 Å². The van der Waals surface area contributed by atoms with Crippen LogP contribution in [0.25, 0.3) is 17.4 Å². The Morgan fingerprint density at radius 1 is 1.16 bits per heavy atom. The molecule has 0 aliphatic carbocycles. The van der Waals surface area contributed by atoms with Gasteiger partial charge in [0.15, 0.2) is 5.65 Å². The predicted octanol–water partition coefficient (Wildman–Crippen LogP) is 2.49. The number of likely N-dealkylation sites (N-methyl/N-ethyl adjacent to an activating group) is 1. The van der Waals surface area contributed by atoms with Gasteiger partial charge in [0.25, 0.3) is 5.89 Å². The van der Waals surface area contributed by atoms with Crippen molar-refractivity contribution >= 4 is 47.9 Å². The number of nitrogens with two attached hydrogens (primary N) is 1. The van der Waals surface area contributed by atoms with Gasteiger partial charge in [-0.25, -0.2) is 9.97 Å². The van der Waals surface area contributed by atoms with E-state index >= 15 is 0 Å². The number of nitrogens with zero attached hydrogens (tertiary/aromatic N) is 8. The van der Waals surface area contributed by atoms with E-state index in [2.05, 4.69) is 24.8 Å². The predicted molar refractivity (Wildman–Crippen MR) is 151 cm³/mol. The van der Waals surface area contributed by atoms with Crippen molar-refractivity contribution in [2.45, 2.75) is 0 Å². The second-order valence-electron chi connectivity index (χ2n) is 6.59. The lowest BCUT2D eigenvalue weighted by Crippen LogP contribution is -2.48. The highest BCUT2D eigenvalue weighted by Gasteiger charge is 2.19. The molecule has 0 saturated carbocycles. The zero-order valence-electron chi connectivity index (χ0n) is 40.7. The maximum absolute atomic E-state index is 8.90. The summed E-state index contributed by atoms with van der Waals surface area (Å²) in [6, 6.07) is 3.89. The van der Waals surface area contributed by atoms with Crippen molar-refractivity contribution in [1.29, 1.82) is 0 Å². The summed E-state index contributed by atoms with van der Waals surface area (Å²) in [5.74, 6) is -2.50. The average molecular weight is 589 g/mol. The average Bonchev–Trinajstić information content (AvgIpc) is 3.69. The minimum Gasteiger partial charge on any atom is -0.491 e. The number of anilines is 3. The molecule has 3 aromatic heterocycles. The molecule has 0 radical (unpaired) electrons. The third-order valence-electron chi connectivity index (χ3n) is 4.37. The third-order valence-corrected chi connectivity index (χ3v) is 4.37. The number of oxazole rings is 1. The Balaban J connectivity index is 0.00000480. The quantitative estimate of drug-likeness (QED) is 0.294. The summed E-state index contributed by atoms with van der Waals surface area (Å²) in [7, 11) is -3.40. The molecule has 0 unspecified atom stereocenters. The van der Waals surface area contributed by atoms with Crippen molar-refractivity contribution in [3.63, 3.8) is 0 Å². The van der Waals surface area contributed by atoms with Crippen LogP contribution in [0.1, 0.15) is 30.2 Å². The zero-order valence-corrected chi connectivity index (χ0v) is 20.4. The molecule has 0 spiro atoms. The number of hydrogen-bond donors (Lipinski definition) is 1. The Kier molecular flexibility index (Phi) is 4.05. The fraction of sp³-hybridized carbons (Fsp3) is 0.417. The molecule has 14 heteroatoms.